The second kappa shape index (κ2) is 10.4. The Bertz CT molecular complexity index is 1050. The highest BCUT2D eigenvalue weighted by Gasteiger charge is 2.12. The zero-order valence-corrected chi connectivity index (χ0v) is 18.0. The average Bonchev–Trinajstić information content (AvgIpc) is 3.21. The molecule has 6 heteroatoms. The van der Waals surface area contributed by atoms with Gasteiger partial charge < -0.3 is 10.1 Å². The molecule has 0 aliphatic heterocycles. The third kappa shape index (κ3) is 6.15. The number of hydrogen-bond acceptors (Lipinski definition) is 4. The molecule has 1 atom stereocenters. The number of benzene rings is 2. The fraction of sp³-hybridized carbons (Fsp3) is 0.240. The number of amides is 1. The Morgan fingerprint density at radius 2 is 1.84 bits per heavy atom. The van der Waals surface area contributed by atoms with Crippen LogP contribution in [0.15, 0.2) is 66.9 Å². The summed E-state index contributed by atoms with van der Waals surface area (Å²) in [7, 11) is 0. The topological polar surface area (TPSA) is 73.2 Å². The zero-order valence-electron chi connectivity index (χ0n) is 18.0. The Morgan fingerprint density at radius 1 is 1.13 bits per heavy atom. The number of ether oxygens (including phenoxy) is 1. The largest absolute Gasteiger partial charge is 0.452 e. The zero-order chi connectivity index (χ0) is 22.2. The van der Waals surface area contributed by atoms with Crippen molar-refractivity contribution in [1.29, 1.82) is 0 Å². The van der Waals surface area contributed by atoms with Gasteiger partial charge in [-0.05, 0) is 38.5 Å². The van der Waals surface area contributed by atoms with E-state index in [-0.39, 0.29) is 18.6 Å². The molecule has 3 aromatic rings. The normalized spacial score (nSPS) is 12.0. The fourth-order valence-electron chi connectivity index (χ4n) is 2.92. The van der Waals surface area contributed by atoms with E-state index in [0.29, 0.717) is 0 Å². The van der Waals surface area contributed by atoms with Crippen LogP contribution >= 0.6 is 0 Å². The standard InChI is InChI=1S/C25H27N3O3/c1-4-19(3)26-23(29)17-31-24(30)15-14-21-16-28(22-8-6-5-7-9-22)27-25(21)20-12-10-18(2)11-13-20/h5-16,19H,4,17H2,1-3H3,(H,26,29)/b15-14+/t19-/m1/s1. The van der Waals surface area contributed by atoms with Gasteiger partial charge in [-0.25, -0.2) is 9.48 Å². The first-order valence-corrected chi connectivity index (χ1v) is 10.3. The molecule has 1 N–H and O–H groups in total. The van der Waals surface area contributed by atoms with Gasteiger partial charge in [0.2, 0.25) is 0 Å². The van der Waals surface area contributed by atoms with Gasteiger partial charge in [0.25, 0.3) is 5.91 Å². The van der Waals surface area contributed by atoms with Gasteiger partial charge in [-0.15, -0.1) is 0 Å². The molecule has 0 fully saturated rings. The molecule has 0 radical (unpaired) electrons. The lowest BCUT2D eigenvalue weighted by Crippen LogP contribution is -2.35. The first kappa shape index (κ1) is 22.0. The molecule has 0 saturated carbocycles. The second-order valence-corrected chi connectivity index (χ2v) is 7.40. The molecule has 0 bridgehead atoms. The fourth-order valence-corrected chi connectivity index (χ4v) is 2.92. The number of hydrogen-bond donors (Lipinski definition) is 1. The number of nitrogens with zero attached hydrogens (tertiary/aromatic N) is 2. The lowest BCUT2D eigenvalue weighted by atomic mass is 10.1. The number of esters is 1. The Morgan fingerprint density at radius 3 is 2.52 bits per heavy atom. The van der Waals surface area contributed by atoms with E-state index in [2.05, 4.69) is 5.32 Å². The van der Waals surface area contributed by atoms with Crippen LogP contribution in [0.1, 0.15) is 31.4 Å². The van der Waals surface area contributed by atoms with Crippen molar-refractivity contribution in [2.45, 2.75) is 33.2 Å². The Kier molecular flexibility index (Phi) is 7.38. The van der Waals surface area contributed by atoms with Crippen molar-refractivity contribution in [3.05, 3.63) is 78.0 Å². The highest BCUT2D eigenvalue weighted by atomic mass is 16.5. The number of carbonyl (C=O) groups excluding carboxylic acids is 2. The molecule has 1 heterocycles. The van der Waals surface area contributed by atoms with Crippen LogP contribution in [0, 0.1) is 6.92 Å². The lowest BCUT2D eigenvalue weighted by Gasteiger charge is -2.10. The van der Waals surface area contributed by atoms with Crippen molar-refractivity contribution < 1.29 is 14.3 Å². The van der Waals surface area contributed by atoms with Crippen molar-refractivity contribution in [2.75, 3.05) is 6.61 Å². The smallest absolute Gasteiger partial charge is 0.331 e. The van der Waals surface area contributed by atoms with Gasteiger partial charge in [-0.3, -0.25) is 4.79 Å². The highest BCUT2D eigenvalue weighted by Crippen LogP contribution is 2.25. The third-order valence-electron chi connectivity index (χ3n) is 4.85. The number of nitrogens with one attached hydrogen (secondary N) is 1. The minimum atomic E-state index is -0.582. The Labute approximate surface area is 182 Å². The summed E-state index contributed by atoms with van der Waals surface area (Å²) in [6.07, 6.45) is 5.66. The van der Waals surface area contributed by atoms with Crippen LogP contribution in [0.5, 0.6) is 0 Å². The predicted molar refractivity (Wildman–Crippen MR) is 122 cm³/mol. The second-order valence-electron chi connectivity index (χ2n) is 7.40. The summed E-state index contributed by atoms with van der Waals surface area (Å²) in [5.41, 5.74) is 4.54. The van der Waals surface area contributed by atoms with E-state index in [1.54, 1.807) is 10.8 Å². The molecule has 31 heavy (non-hydrogen) atoms. The predicted octanol–water partition coefficient (Wildman–Crippen LogP) is 4.32. The quantitative estimate of drug-likeness (QED) is 0.438. The summed E-state index contributed by atoms with van der Waals surface area (Å²) < 4.78 is 6.84. The van der Waals surface area contributed by atoms with Gasteiger partial charge in [0.15, 0.2) is 6.61 Å². The molecule has 0 saturated heterocycles. The molecule has 0 spiro atoms. The van der Waals surface area contributed by atoms with Crippen LogP contribution < -0.4 is 5.32 Å². The van der Waals surface area contributed by atoms with Crippen molar-refractivity contribution in [1.82, 2.24) is 15.1 Å². The maximum atomic E-state index is 12.1. The molecule has 0 aliphatic rings. The van der Waals surface area contributed by atoms with Gasteiger partial charge in [0.05, 0.1) is 11.4 Å². The highest BCUT2D eigenvalue weighted by molar-refractivity contribution is 5.90. The Hall–Kier alpha value is -3.67. The first-order valence-electron chi connectivity index (χ1n) is 10.3. The maximum absolute atomic E-state index is 12.1. The SMILES string of the molecule is CC[C@@H](C)NC(=O)COC(=O)/C=C/c1cn(-c2ccccc2)nc1-c1ccc(C)cc1. The molecule has 1 amide bonds. The van der Waals surface area contributed by atoms with E-state index in [0.717, 1.165) is 34.5 Å². The minimum Gasteiger partial charge on any atom is -0.452 e. The Balaban J connectivity index is 1.79. The number of para-hydroxylation sites is 1. The van der Waals surface area contributed by atoms with Crippen molar-refractivity contribution >= 4 is 18.0 Å². The van der Waals surface area contributed by atoms with Crippen LogP contribution in [0.4, 0.5) is 0 Å². The maximum Gasteiger partial charge on any atom is 0.331 e. The average molecular weight is 418 g/mol. The number of aryl methyl sites for hydroxylation is 1. The summed E-state index contributed by atoms with van der Waals surface area (Å²) in [5.74, 6) is -0.894. The van der Waals surface area contributed by atoms with Gasteiger partial charge in [0.1, 0.15) is 0 Å². The number of aromatic nitrogens is 2. The first-order chi connectivity index (χ1) is 15.0. The van der Waals surface area contributed by atoms with E-state index in [1.165, 1.54) is 6.08 Å². The molecular weight excluding hydrogens is 390 g/mol. The van der Waals surface area contributed by atoms with Crippen LogP contribution in [0.2, 0.25) is 0 Å². The molecule has 1 aromatic heterocycles. The monoisotopic (exact) mass is 417 g/mol. The van der Waals surface area contributed by atoms with E-state index >= 15 is 0 Å². The molecule has 2 aromatic carbocycles. The minimum absolute atomic E-state index is 0.0441. The van der Waals surface area contributed by atoms with Gasteiger partial charge >= 0.3 is 5.97 Å². The van der Waals surface area contributed by atoms with E-state index < -0.39 is 5.97 Å². The summed E-state index contributed by atoms with van der Waals surface area (Å²) in [6, 6.07) is 17.9. The van der Waals surface area contributed by atoms with Crippen molar-refractivity contribution in [3.8, 4) is 16.9 Å². The molecule has 0 unspecified atom stereocenters. The van der Waals surface area contributed by atoms with Crippen LogP contribution in [0.3, 0.4) is 0 Å². The van der Waals surface area contributed by atoms with Crippen molar-refractivity contribution in [2.24, 2.45) is 0 Å². The van der Waals surface area contributed by atoms with Crippen LogP contribution in [0.25, 0.3) is 23.0 Å². The molecule has 3 rings (SSSR count). The molecule has 0 aliphatic carbocycles. The molecular formula is C25H27N3O3. The molecule has 160 valence electrons. The summed E-state index contributed by atoms with van der Waals surface area (Å²) >= 11 is 0. The van der Waals surface area contributed by atoms with E-state index in [1.807, 2.05) is 81.6 Å². The summed E-state index contributed by atoms with van der Waals surface area (Å²) in [6.45, 7) is 5.60. The van der Waals surface area contributed by atoms with Gasteiger partial charge in [-0.1, -0.05) is 55.0 Å². The van der Waals surface area contributed by atoms with Gasteiger partial charge in [-0.2, -0.15) is 5.10 Å². The van der Waals surface area contributed by atoms with Crippen LogP contribution in [-0.4, -0.2) is 34.3 Å². The number of rotatable bonds is 8. The van der Waals surface area contributed by atoms with Crippen LogP contribution in [-0.2, 0) is 14.3 Å². The molecule has 6 nitrogen and oxygen atoms in total. The summed E-state index contributed by atoms with van der Waals surface area (Å²) in [4.78, 5) is 23.9. The summed E-state index contributed by atoms with van der Waals surface area (Å²) in [5, 5.41) is 7.49. The lowest BCUT2D eigenvalue weighted by molar-refractivity contribution is -0.144. The van der Waals surface area contributed by atoms with E-state index in [9.17, 15) is 9.59 Å². The third-order valence-corrected chi connectivity index (χ3v) is 4.85. The van der Waals surface area contributed by atoms with E-state index in [4.69, 9.17) is 9.84 Å². The van der Waals surface area contributed by atoms with Gasteiger partial charge in [0, 0.05) is 29.4 Å². The van der Waals surface area contributed by atoms with Crippen molar-refractivity contribution in [3.63, 3.8) is 0 Å². The number of carbonyl (C=O) groups is 2.